The molecule has 0 atom stereocenters. The molecule has 3 heterocycles. The van der Waals surface area contributed by atoms with Crippen molar-refractivity contribution in [1.29, 1.82) is 0 Å². The van der Waals surface area contributed by atoms with Crippen LogP contribution < -0.4 is 9.64 Å². The average molecular weight is 620 g/mol. The van der Waals surface area contributed by atoms with Gasteiger partial charge in [-0.2, -0.15) is 0 Å². The molecule has 244 valence electrons. The molecule has 2 aromatic rings. The third-order valence-electron chi connectivity index (χ3n) is 8.70. The van der Waals surface area contributed by atoms with Crippen LogP contribution in [-0.4, -0.2) is 122 Å². The highest BCUT2D eigenvalue weighted by Gasteiger charge is 2.28. The SMILES string of the molecule is CC(C)(C)OC(=O)N1CCN(C(=O)c2ccc(C(=O)N3CCN(c4ccc(OCCCN5CCCCC5)cc4)CC3)cc2)CC1. The molecular weight excluding hydrogens is 570 g/mol. The fourth-order valence-electron chi connectivity index (χ4n) is 6.12. The molecule has 3 aliphatic rings. The van der Waals surface area contributed by atoms with Crippen LogP contribution in [0.1, 0.15) is 67.2 Å². The van der Waals surface area contributed by atoms with Crippen LogP contribution in [0.3, 0.4) is 0 Å². The van der Waals surface area contributed by atoms with Gasteiger partial charge < -0.3 is 34.0 Å². The predicted molar refractivity (Wildman–Crippen MR) is 175 cm³/mol. The summed E-state index contributed by atoms with van der Waals surface area (Å²) in [4.78, 5) is 48.8. The van der Waals surface area contributed by atoms with Crippen molar-refractivity contribution in [2.45, 2.75) is 52.1 Å². The maximum atomic E-state index is 13.2. The number of nitrogens with zero attached hydrogens (tertiary/aromatic N) is 5. The highest BCUT2D eigenvalue weighted by Crippen LogP contribution is 2.22. The molecule has 0 unspecified atom stereocenters. The van der Waals surface area contributed by atoms with E-state index in [0.717, 1.165) is 44.1 Å². The summed E-state index contributed by atoms with van der Waals surface area (Å²) in [6.07, 6.45) is 4.70. The van der Waals surface area contributed by atoms with E-state index < -0.39 is 5.60 Å². The lowest BCUT2D eigenvalue weighted by atomic mass is 10.1. The minimum absolute atomic E-state index is 0.0204. The number of piperazine rings is 2. The maximum Gasteiger partial charge on any atom is 0.410 e. The molecular formula is C35H49N5O5. The first kappa shape index (κ1) is 32.6. The van der Waals surface area contributed by atoms with Gasteiger partial charge in [0, 0.05) is 75.7 Å². The van der Waals surface area contributed by atoms with Crippen molar-refractivity contribution in [3.05, 3.63) is 59.7 Å². The van der Waals surface area contributed by atoms with Gasteiger partial charge in [0.15, 0.2) is 0 Å². The molecule has 0 radical (unpaired) electrons. The Labute approximate surface area is 267 Å². The van der Waals surface area contributed by atoms with Crippen LogP contribution in [0.5, 0.6) is 5.75 Å². The van der Waals surface area contributed by atoms with E-state index in [0.29, 0.717) is 50.4 Å². The number of amides is 3. The second-order valence-electron chi connectivity index (χ2n) is 13.2. The van der Waals surface area contributed by atoms with Gasteiger partial charge >= 0.3 is 6.09 Å². The standard InChI is InChI=1S/C35H49N5O5/c1-35(2,3)45-34(43)40-25-23-39(24-26-40)33(42)29-10-8-28(9-11-29)32(41)38-21-19-37(20-22-38)30-12-14-31(15-13-30)44-27-7-18-36-16-5-4-6-17-36/h8-15H,4-7,16-27H2,1-3H3. The minimum Gasteiger partial charge on any atom is -0.494 e. The van der Waals surface area contributed by atoms with Gasteiger partial charge in [-0.1, -0.05) is 6.42 Å². The maximum absolute atomic E-state index is 13.2. The van der Waals surface area contributed by atoms with Crippen LogP contribution in [0, 0.1) is 0 Å². The van der Waals surface area contributed by atoms with Gasteiger partial charge in [-0.05, 0) is 102 Å². The van der Waals surface area contributed by atoms with Crippen molar-refractivity contribution in [3.8, 4) is 5.75 Å². The third-order valence-corrected chi connectivity index (χ3v) is 8.70. The Morgan fingerprint density at radius 2 is 1.16 bits per heavy atom. The molecule has 10 nitrogen and oxygen atoms in total. The molecule has 45 heavy (non-hydrogen) atoms. The number of benzene rings is 2. The summed E-state index contributed by atoms with van der Waals surface area (Å²) < 4.78 is 11.4. The van der Waals surface area contributed by atoms with E-state index >= 15 is 0 Å². The smallest absolute Gasteiger partial charge is 0.410 e. The molecule has 3 fully saturated rings. The number of hydrogen-bond donors (Lipinski definition) is 0. The number of ether oxygens (including phenoxy) is 2. The molecule has 2 aromatic carbocycles. The summed E-state index contributed by atoms with van der Waals surface area (Å²) in [5, 5.41) is 0. The highest BCUT2D eigenvalue weighted by atomic mass is 16.6. The zero-order valence-electron chi connectivity index (χ0n) is 27.2. The monoisotopic (exact) mass is 619 g/mol. The molecule has 5 rings (SSSR count). The van der Waals surface area contributed by atoms with Gasteiger partial charge in [0.25, 0.3) is 11.8 Å². The lowest BCUT2D eigenvalue weighted by Crippen LogP contribution is -2.51. The Balaban J connectivity index is 1.03. The third kappa shape index (κ3) is 9.12. The molecule has 3 aliphatic heterocycles. The number of likely N-dealkylation sites (tertiary alicyclic amines) is 1. The minimum atomic E-state index is -0.551. The zero-order valence-corrected chi connectivity index (χ0v) is 27.2. The Morgan fingerprint density at radius 3 is 1.69 bits per heavy atom. The molecule has 0 aromatic heterocycles. The van der Waals surface area contributed by atoms with Gasteiger partial charge in [0.1, 0.15) is 11.4 Å². The first-order chi connectivity index (χ1) is 21.7. The van der Waals surface area contributed by atoms with E-state index in [-0.39, 0.29) is 17.9 Å². The van der Waals surface area contributed by atoms with Crippen molar-refractivity contribution in [1.82, 2.24) is 19.6 Å². The summed E-state index contributed by atoms with van der Waals surface area (Å²) in [6.45, 7) is 14.3. The Morgan fingerprint density at radius 1 is 0.644 bits per heavy atom. The van der Waals surface area contributed by atoms with Crippen LogP contribution in [0.4, 0.5) is 10.5 Å². The normalized spacial score (nSPS) is 18.1. The van der Waals surface area contributed by atoms with Crippen molar-refractivity contribution in [2.75, 3.05) is 83.5 Å². The number of anilines is 1. The van der Waals surface area contributed by atoms with E-state index in [4.69, 9.17) is 9.47 Å². The van der Waals surface area contributed by atoms with Gasteiger partial charge in [0.05, 0.1) is 6.61 Å². The summed E-state index contributed by atoms with van der Waals surface area (Å²) in [6, 6.07) is 15.2. The summed E-state index contributed by atoms with van der Waals surface area (Å²) in [7, 11) is 0. The zero-order chi connectivity index (χ0) is 31.8. The Bertz CT molecular complexity index is 1270. The molecule has 10 heteroatoms. The lowest BCUT2D eigenvalue weighted by Gasteiger charge is -2.36. The molecule has 3 amide bonds. The number of hydrogen-bond acceptors (Lipinski definition) is 7. The van der Waals surface area contributed by atoms with E-state index in [1.165, 1.54) is 32.4 Å². The summed E-state index contributed by atoms with van der Waals surface area (Å²) in [5.41, 5.74) is 1.70. The van der Waals surface area contributed by atoms with Gasteiger partial charge in [-0.3, -0.25) is 9.59 Å². The van der Waals surface area contributed by atoms with E-state index in [1.54, 1.807) is 34.1 Å². The van der Waals surface area contributed by atoms with Gasteiger partial charge in [-0.15, -0.1) is 0 Å². The number of rotatable bonds is 8. The van der Waals surface area contributed by atoms with Gasteiger partial charge in [-0.25, -0.2) is 4.79 Å². The lowest BCUT2D eigenvalue weighted by molar-refractivity contribution is 0.0141. The Hall–Kier alpha value is -3.79. The van der Waals surface area contributed by atoms with Crippen molar-refractivity contribution in [3.63, 3.8) is 0 Å². The quantitative estimate of drug-likeness (QED) is 0.400. The highest BCUT2D eigenvalue weighted by molar-refractivity contribution is 5.98. The molecule has 0 bridgehead atoms. The van der Waals surface area contributed by atoms with E-state index in [2.05, 4.69) is 21.9 Å². The molecule has 0 saturated carbocycles. The number of carbonyl (C=O) groups excluding carboxylic acids is 3. The second-order valence-corrected chi connectivity index (χ2v) is 13.2. The van der Waals surface area contributed by atoms with Crippen molar-refractivity contribution >= 4 is 23.6 Å². The van der Waals surface area contributed by atoms with Crippen LogP contribution >= 0.6 is 0 Å². The van der Waals surface area contributed by atoms with Gasteiger partial charge in [0.2, 0.25) is 0 Å². The van der Waals surface area contributed by atoms with Crippen LogP contribution in [0.15, 0.2) is 48.5 Å². The fraction of sp³-hybridized carbons (Fsp3) is 0.571. The first-order valence-corrected chi connectivity index (χ1v) is 16.5. The summed E-state index contributed by atoms with van der Waals surface area (Å²) >= 11 is 0. The number of carbonyl (C=O) groups is 3. The molecule has 0 spiro atoms. The Kier molecular flexibility index (Phi) is 10.9. The second kappa shape index (κ2) is 15.0. The topological polar surface area (TPSA) is 85.9 Å². The average Bonchev–Trinajstić information content (AvgIpc) is 3.06. The van der Waals surface area contributed by atoms with E-state index in [1.807, 2.05) is 37.8 Å². The molecule has 0 N–H and O–H groups in total. The molecule has 0 aliphatic carbocycles. The van der Waals surface area contributed by atoms with Crippen molar-refractivity contribution < 1.29 is 23.9 Å². The first-order valence-electron chi connectivity index (χ1n) is 16.5. The fourth-order valence-corrected chi connectivity index (χ4v) is 6.12. The number of piperidine rings is 1. The van der Waals surface area contributed by atoms with E-state index in [9.17, 15) is 14.4 Å². The molecule has 3 saturated heterocycles. The van der Waals surface area contributed by atoms with Crippen LogP contribution in [-0.2, 0) is 4.74 Å². The summed E-state index contributed by atoms with van der Waals surface area (Å²) in [5.74, 6) is 0.782. The van der Waals surface area contributed by atoms with Crippen LogP contribution in [0.2, 0.25) is 0 Å². The predicted octanol–water partition coefficient (Wildman–Crippen LogP) is 4.60. The van der Waals surface area contributed by atoms with Crippen molar-refractivity contribution in [2.24, 2.45) is 0 Å². The largest absolute Gasteiger partial charge is 0.494 e. The van der Waals surface area contributed by atoms with Crippen LogP contribution in [0.25, 0.3) is 0 Å².